The Bertz CT molecular complexity index is 670. The van der Waals surface area contributed by atoms with Crippen LogP contribution < -0.4 is 5.32 Å². The number of rotatable bonds is 6. The van der Waals surface area contributed by atoms with Crippen molar-refractivity contribution in [1.82, 2.24) is 4.90 Å². The summed E-state index contributed by atoms with van der Waals surface area (Å²) in [6.45, 7) is 5.21. The van der Waals surface area contributed by atoms with E-state index in [-0.39, 0.29) is 11.7 Å². The summed E-state index contributed by atoms with van der Waals surface area (Å²) in [5, 5.41) is 2.70. The zero-order chi connectivity index (χ0) is 15.9. The lowest BCUT2D eigenvalue weighted by Gasteiger charge is -2.14. The Morgan fingerprint density at radius 3 is 2.77 bits per heavy atom. The maximum atomic E-state index is 13.1. The highest BCUT2D eigenvalue weighted by Crippen LogP contribution is 2.13. The van der Waals surface area contributed by atoms with Gasteiger partial charge < -0.3 is 5.32 Å². The Hall–Kier alpha value is -2.46. The van der Waals surface area contributed by atoms with E-state index in [4.69, 9.17) is 0 Å². The van der Waals surface area contributed by atoms with Gasteiger partial charge in [-0.05, 0) is 42.9 Å². The van der Waals surface area contributed by atoms with E-state index in [2.05, 4.69) is 16.8 Å². The van der Waals surface area contributed by atoms with Gasteiger partial charge >= 0.3 is 0 Å². The van der Waals surface area contributed by atoms with Gasteiger partial charge in [0.15, 0.2) is 0 Å². The molecule has 2 aromatic rings. The predicted octanol–water partition coefficient (Wildman–Crippen LogP) is 3.70. The lowest BCUT2D eigenvalue weighted by molar-refractivity contribution is 0.102. The molecule has 0 aliphatic heterocycles. The van der Waals surface area contributed by atoms with E-state index in [1.54, 1.807) is 18.2 Å². The molecule has 0 aliphatic carbocycles. The van der Waals surface area contributed by atoms with Gasteiger partial charge in [0.2, 0.25) is 0 Å². The number of carbonyl (C=O) groups excluding carboxylic acids is 1. The first kappa shape index (κ1) is 15.9. The lowest BCUT2D eigenvalue weighted by Crippen LogP contribution is -2.18. The molecule has 0 fully saturated rings. The molecule has 0 bridgehead atoms. The zero-order valence-electron chi connectivity index (χ0n) is 12.6. The Kier molecular flexibility index (Phi) is 5.44. The smallest absolute Gasteiger partial charge is 0.255 e. The van der Waals surface area contributed by atoms with Crippen LogP contribution in [-0.4, -0.2) is 24.4 Å². The normalized spacial score (nSPS) is 10.5. The fourth-order valence-corrected chi connectivity index (χ4v) is 2.18. The molecule has 114 valence electrons. The first-order valence-corrected chi connectivity index (χ1v) is 7.04. The van der Waals surface area contributed by atoms with E-state index < -0.39 is 0 Å². The second kappa shape index (κ2) is 7.52. The van der Waals surface area contributed by atoms with E-state index in [1.165, 1.54) is 12.1 Å². The van der Waals surface area contributed by atoms with Crippen molar-refractivity contribution in [3.05, 3.63) is 78.1 Å². The van der Waals surface area contributed by atoms with Gasteiger partial charge in [0, 0.05) is 24.3 Å². The summed E-state index contributed by atoms with van der Waals surface area (Å²) >= 11 is 0. The molecule has 4 heteroatoms. The first-order chi connectivity index (χ1) is 10.6. The quantitative estimate of drug-likeness (QED) is 0.825. The molecular formula is C18H19FN2O. The summed E-state index contributed by atoms with van der Waals surface area (Å²) in [7, 11) is 1.99. The third-order valence-electron chi connectivity index (χ3n) is 3.16. The molecule has 3 nitrogen and oxygen atoms in total. The fourth-order valence-electron chi connectivity index (χ4n) is 2.18. The summed E-state index contributed by atoms with van der Waals surface area (Å²) in [6, 6.07) is 13.2. The van der Waals surface area contributed by atoms with Gasteiger partial charge in [0.05, 0.1) is 0 Å². The van der Waals surface area contributed by atoms with Crippen LogP contribution in [-0.2, 0) is 6.54 Å². The van der Waals surface area contributed by atoms with Crippen LogP contribution in [0.2, 0.25) is 0 Å². The molecule has 1 N–H and O–H groups in total. The van der Waals surface area contributed by atoms with Crippen molar-refractivity contribution in [3.8, 4) is 0 Å². The molecule has 22 heavy (non-hydrogen) atoms. The highest BCUT2D eigenvalue weighted by atomic mass is 19.1. The number of nitrogens with one attached hydrogen (secondary N) is 1. The van der Waals surface area contributed by atoms with E-state index in [1.807, 2.05) is 31.3 Å². The minimum atomic E-state index is -0.377. The second-order valence-electron chi connectivity index (χ2n) is 5.15. The number of anilines is 1. The molecule has 0 heterocycles. The van der Waals surface area contributed by atoms with Crippen LogP contribution in [0.15, 0.2) is 61.2 Å². The molecule has 0 radical (unpaired) electrons. The molecule has 0 spiro atoms. The number of amides is 1. The standard InChI is InChI=1S/C18H19FN2O/c1-3-10-21(2)13-14-6-4-7-15(11-14)18(22)20-17-9-5-8-16(19)12-17/h3-9,11-12H,1,10,13H2,2H3,(H,20,22). The van der Waals surface area contributed by atoms with Crippen LogP contribution in [0.4, 0.5) is 10.1 Å². The number of nitrogens with zero attached hydrogens (tertiary/aromatic N) is 1. The van der Waals surface area contributed by atoms with Gasteiger partial charge in [-0.3, -0.25) is 9.69 Å². The highest BCUT2D eigenvalue weighted by molar-refractivity contribution is 6.04. The number of hydrogen-bond donors (Lipinski definition) is 1. The Labute approximate surface area is 130 Å². The van der Waals surface area contributed by atoms with Crippen molar-refractivity contribution in [2.24, 2.45) is 0 Å². The number of hydrogen-bond acceptors (Lipinski definition) is 2. The van der Waals surface area contributed by atoms with Crippen molar-refractivity contribution >= 4 is 11.6 Å². The molecule has 2 aromatic carbocycles. The maximum absolute atomic E-state index is 13.1. The summed E-state index contributed by atoms with van der Waals surface area (Å²) in [4.78, 5) is 14.3. The van der Waals surface area contributed by atoms with Gasteiger partial charge in [0.1, 0.15) is 5.82 Å². The van der Waals surface area contributed by atoms with Crippen LogP contribution >= 0.6 is 0 Å². The summed E-state index contributed by atoms with van der Waals surface area (Å²) in [6.07, 6.45) is 1.83. The largest absolute Gasteiger partial charge is 0.322 e. The number of likely N-dealkylation sites (N-methyl/N-ethyl adjacent to an activating group) is 1. The van der Waals surface area contributed by atoms with Crippen LogP contribution in [0.5, 0.6) is 0 Å². The maximum Gasteiger partial charge on any atom is 0.255 e. The Balaban J connectivity index is 2.08. The molecule has 0 aromatic heterocycles. The van der Waals surface area contributed by atoms with Crippen LogP contribution in [0.3, 0.4) is 0 Å². The van der Waals surface area contributed by atoms with Gasteiger partial charge in [-0.25, -0.2) is 4.39 Å². The Morgan fingerprint density at radius 1 is 1.27 bits per heavy atom. The molecule has 0 atom stereocenters. The topological polar surface area (TPSA) is 32.3 Å². The molecule has 0 saturated heterocycles. The number of benzene rings is 2. The fraction of sp³-hybridized carbons (Fsp3) is 0.167. The summed E-state index contributed by atoms with van der Waals surface area (Å²) in [5.41, 5.74) is 2.03. The van der Waals surface area contributed by atoms with Gasteiger partial charge in [-0.15, -0.1) is 6.58 Å². The molecule has 1 amide bonds. The first-order valence-electron chi connectivity index (χ1n) is 7.04. The third-order valence-corrected chi connectivity index (χ3v) is 3.16. The minimum absolute atomic E-state index is 0.251. The van der Waals surface area contributed by atoms with E-state index in [0.29, 0.717) is 11.3 Å². The molecule has 0 aliphatic rings. The monoisotopic (exact) mass is 298 g/mol. The SMILES string of the molecule is C=CCN(C)Cc1cccc(C(=O)Nc2cccc(F)c2)c1. The van der Waals surface area contributed by atoms with Crippen molar-refractivity contribution in [2.45, 2.75) is 6.54 Å². The van der Waals surface area contributed by atoms with E-state index in [9.17, 15) is 9.18 Å². The molecule has 2 rings (SSSR count). The summed E-state index contributed by atoms with van der Waals surface area (Å²) < 4.78 is 13.1. The molecule has 0 unspecified atom stereocenters. The van der Waals surface area contributed by atoms with Gasteiger partial charge in [0.25, 0.3) is 5.91 Å². The van der Waals surface area contributed by atoms with Crippen molar-refractivity contribution in [3.63, 3.8) is 0 Å². The average Bonchev–Trinajstić information content (AvgIpc) is 2.47. The van der Waals surface area contributed by atoms with E-state index in [0.717, 1.165) is 18.7 Å². The van der Waals surface area contributed by atoms with Crippen LogP contribution in [0, 0.1) is 5.82 Å². The molecular weight excluding hydrogens is 279 g/mol. The van der Waals surface area contributed by atoms with Gasteiger partial charge in [-0.2, -0.15) is 0 Å². The van der Waals surface area contributed by atoms with Crippen LogP contribution in [0.25, 0.3) is 0 Å². The summed E-state index contributed by atoms with van der Waals surface area (Å²) in [5.74, 6) is -0.628. The zero-order valence-corrected chi connectivity index (χ0v) is 12.6. The number of carbonyl (C=O) groups is 1. The Morgan fingerprint density at radius 2 is 2.05 bits per heavy atom. The van der Waals surface area contributed by atoms with Crippen molar-refractivity contribution in [1.29, 1.82) is 0 Å². The average molecular weight is 298 g/mol. The highest BCUT2D eigenvalue weighted by Gasteiger charge is 2.08. The van der Waals surface area contributed by atoms with Crippen LogP contribution in [0.1, 0.15) is 15.9 Å². The van der Waals surface area contributed by atoms with E-state index >= 15 is 0 Å². The number of halogens is 1. The van der Waals surface area contributed by atoms with Crippen molar-refractivity contribution < 1.29 is 9.18 Å². The minimum Gasteiger partial charge on any atom is -0.322 e. The third kappa shape index (κ3) is 4.53. The van der Waals surface area contributed by atoms with Gasteiger partial charge in [-0.1, -0.05) is 24.3 Å². The predicted molar refractivity (Wildman–Crippen MR) is 87.3 cm³/mol. The lowest BCUT2D eigenvalue weighted by atomic mass is 10.1. The molecule has 0 saturated carbocycles. The van der Waals surface area contributed by atoms with Crippen molar-refractivity contribution in [2.75, 3.05) is 18.9 Å². The second-order valence-corrected chi connectivity index (χ2v) is 5.15.